The number of carbonyl (C=O) groups is 1. The SMILES string of the molecule is Cc1cccc(C(=O)NC(=NC[C@@H]2CCCO2)Nc2ccccc2C)c1. The summed E-state index contributed by atoms with van der Waals surface area (Å²) in [5.41, 5.74) is 3.66. The Morgan fingerprint density at radius 3 is 2.77 bits per heavy atom. The number of benzene rings is 2. The lowest BCUT2D eigenvalue weighted by Gasteiger charge is -2.15. The van der Waals surface area contributed by atoms with E-state index in [4.69, 9.17) is 4.74 Å². The van der Waals surface area contributed by atoms with Gasteiger partial charge in [-0.3, -0.25) is 10.1 Å². The fraction of sp³-hybridized carbons (Fsp3) is 0.333. The summed E-state index contributed by atoms with van der Waals surface area (Å²) in [4.78, 5) is 17.2. The Kier molecular flexibility index (Phi) is 6.02. The standard InChI is InChI=1S/C21H25N3O2/c1-15-7-5-9-17(13-15)20(25)24-21(22-14-18-10-6-12-26-18)23-19-11-4-3-8-16(19)2/h3-5,7-9,11,13,18H,6,10,12,14H2,1-2H3,(H2,22,23,24,25)/t18-/m0/s1. The van der Waals surface area contributed by atoms with Crippen LogP contribution >= 0.6 is 0 Å². The number of anilines is 1. The Balaban J connectivity index is 1.76. The number of nitrogens with one attached hydrogen (secondary N) is 2. The molecule has 1 amide bonds. The highest BCUT2D eigenvalue weighted by Crippen LogP contribution is 2.15. The number of para-hydroxylation sites is 1. The van der Waals surface area contributed by atoms with E-state index < -0.39 is 0 Å². The van der Waals surface area contributed by atoms with Crippen LogP contribution in [0.15, 0.2) is 53.5 Å². The fourth-order valence-corrected chi connectivity index (χ4v) is 2.90. The minimum absolute atomic E-state index is 0.125. The molecule has 136 valence electrons. The molecule has 3 rings (SSSR count). The number of aryl methyl sites for hydroxylation is 2. The maximum absolute atomic E-state index is 12.6. The normalized spacial score (nSPS) is 17.2. The number of aliphatic imine (C=N–C) groups is 1. The summed E-state index contributed by atoms with van der Waals surface area (Å²) < 4.78 is 5.64. The first-order valence-corrected chi connectivity index (χ1v) is 8.98. The van der Waals surface area contributed by atoms with Gasteiger partial charge in [-0.1, -0.05) is 35.9 Å². The lowest BCUT2D eigenvalue weighted by atomic mass is 10.1. The van der Waals surface area contributed by atoms with Gasteiger partial charge in [0.2, 0.25) is 5.96 Å². The highest BCUT2D eigenvalue weighted by molar-refractivity contribution is 6.10. The molecule has 2 N–H and O–H groups in total. The molecule has 0 bridgehead atoms. The predicted molar refractivity (Wildman–Crippen MR) is 105 cm³/mol. The van der Waals surface area contributed by atoms with Crippen molar-refractivity contribution in [1.82, 2.24) is 5.32 Å². The third-order valence-corrected chi connectivity index (χ3v) is 4.39. The fourth-order valence-electron chi connectivity index (χ4n) is 2.90. The Hall–Kier alpha value is -2.66. The van der Waals surface area contributed by atoms with Crippen molar-refractivity contribution in [1.29, 1.82) is 0 Å². The molecule has 0 saturated carbocycles. The third kappa shape index (κ3) is 4.92. The molecule has 1 aliphatic heterocycles. The van der Waals surface area contributed by atoms with E-state index in [1.54, 1.807) is 6.07 Å². The number of hydrogen-bond donors (Lipinski definition) is 2. The highest BCUT2D eigenvalue weighted by Gasteiger charge is 2.16. The van der Waals surface area contributed by atoms with Crippen LogP contribution in [0.5, 0.6) is 0 Å². The molecule has 2 aromatic carbocycles. The monoisotopic (exact) mass is 351 g/mol. The number of rotatable bonds is 4. The van der Waals surface area contributed by atoms with Crippen LogP contribution in [0.3, 0.4) is 0 Å². The van der Waals surface area contributed by atoms with E-state index in [1.807, 2.05) is 56.3 Å². The van der Waals surface area contributed by atoms with Gasteiger partial charge >= 0.3 is 0 Å². The molecule has 1 atom stereocenters. The van der Waals surface area contributed by atoms with Crippen molar-refractivity contribution in [2.45, 2.75) is 32.8 Å². The van der Waals surface area contributed by atoms with E-state index in [0.29, 0.717) is 18.1 Å². The average Bonchev–Trinajstić information content (AvgIpc) is 3.15. The quantitative estimate of drug-likeness (QED) is 0.652. The molecule has 1 heterocycles. The van der Waals surface area contributed by atoms with Gasteiger partial charge < -0.3 is 10.1 Å². The van der Waals surface area contributed by atoms with Gasteiger partial charge in [0.15, 0.2) is 0 Å². The summed E-state index contributed by atoms with van der Waals surface area (Å²) in [6.07, 6.45) is 2.20. The number of ether oxygens (including phenoxy) is 1. The Morgan fingerprint density at radius 2 is 2.04 bits per heavy atom. The Bertz CT molecular complexity index is 795. The van der Waals surface area contributed by atoms with Crippen LogP contribution in [0.25, 0.3) is 0 Å². The minimum Gasteiger partial charge on any atom is -0.376 e. The van der Waals surface area contributed by atoms with Crippen molar-refractivity contribution in [3.63, 3.8) is 0 Å². The molecule has 5 nitrogen and oxygen atoms in total. The molecule has 1 fully saturated rings. The lowest BCUT2D eigenvalue weighted by molar-refractivity contribution is 0.0975. The summed E-state index contributed by atoms with van der Waals surface area (Å²) in [7, 11) is 0. The van der Waals surface area contributed by atoms with Crippen LogP contribution in [0.4, 0.5) is 5.69 Å². The smallest absolute Gasteiger partial charge is 0.257 e. The van der Waals surface area contributed by atoms with Crippen molar-refractivity contribution in [2.75, 3.05) is 18.5 Å². The molecule has 0 radical (unpaired) electrons. The summed E-state index contributed by atoms with van der Waals surface area (Å²) >= 11 is 0. The number of nitrogens with zero attached hydrogens (tertiary/aromatic N) is 1. The molecule has 2 aromatic rings. The zero-order chi connectivity index (χ0) is 18.4. The van der Waals surface area contributed by atoms with Crippen LogP contribution in [0, 0.1) is 13.8 Å². The Labute approximate surface area is 154 Å². The van der Waals surface area contributed by atoms with Crippen molar-refractivity contribution >= 4 is 17.6 Å². The molecule has 0 unspecified atom stereocenters. The van der Waals surface area contributed by atoms with E-state index in [2.05, 4.69) is 15.6 Å². The van der Waals surface area contributed by atoms with Gasteiger partial charge in [-0.05, 0) is 50.5 Å². The van der Waals surface area contributed by atoms with E-state index in [1.165, 1.54) is 0 Å². The summed E-state index contributed by atoms with van der Waals surface area (Å²) in [6.45, 7) is 5.30. The zero-order valence-corrected chi connectivity index (χ0v) is 15.3. The Morgan fingerprint density at radius 1 is 1.19 bits per heavy atom. The molecule has 0 aliphatic carbocycles. The van der Waals surface area contributed by atoms with Gasteiger partial charge in [0.25, 0.3) is 5.91 Å². The zero-order valence-electron chi connectivity index (χ0n) is 15.3. The van der Waals surface area contributed by atoms with E-state index in [9.17, 15) is 4.79 Å². The van der Waals surface area contributed by atoms with Gasteiger partial charge in [-0.25, -0.2) is 4.99 Å². The van der Waals surface area contributed by atoms with E-state index >= 15 is 0 Å². The van der Waals surface area contributed by atoms with Gasteiger partial charge in [0.1, 0.15) is 0 Å². The molecule has 0 spiro atoms. The van der Waals surface area contributed by atoms with Gasteiger partial charge in [-0.2, -0.15) is 0 Å². The van der Waals surface area contributed by atoms with Crippen molar-refractivity contribution in [2.24, 2.45) is 4.99 Å². The lowest BCUT2D eigenvalue weighted by Crippen LogP contribution is -2.37. The van der Waals surface area contributed by atoms with Crippen molar-refractivity contribution < 1.29 is 9.53 Å². The van der Waals surface area contributed by atoms with Crippen LogP contribution in [-0.4, -0.2) is 31.1 Å². The van der Waals surface area contributed by atoms with Crippen LogP contribution < -0.4 is 10.6 Å². The summed E-state index contributed by atoms with van der Waals surface area (Å²) in [5.74, 6) is 0.266. The first-order chi connectivity index (χ1) is 12.6. The number of amides is 1. The second-order valence-corrected chi connectivity index (χ2v) is 6.59. The van der Waals surface area contributed by atoms with Crippen LogP contribution in [-0.2, 0) is 4.74 Å². The molecule has 0 aromatic heterocycles. The number of guanidine groups is 1. The molecular weight excluding hydrogens is 326 g/mol. The van der Waals surface area contributed by atoms with Crippen LogP contribution in [0.1, 0.15) is 34.3 Å². The molecular formula is C21H25N3O2. The van der Waals surface area contributed by atoms with Gasteiger partial charge in [0, 0.05) is 17.9 Å². The predicted octanol–water partition coefficient (Wildman–Crippen LogP) is 3.68. The van der Waals surface area contributed by atoms with Crippen LogP contribution in [0.2, 0.25) is 0 Å². The molecule has 26 heavy (non-hydrogen) atoms. The van der Waals surface area contributed by atoms with Crippen molar-refractivity contribution in [3.8, 4) is 0 Å². The maximum atomic E-state index is 12.6. The highest BCUT2D eigenvalue weighted by atomic mass is 16.5. The first-order valence-electron chi connectivity index (χ1n) is 8.98. The van der Waals surface area contributed by atoms with Gasteiger partial charge in [-0.15, -0.1) is 0 Å². The van der Waals surface area contributed by atoms with E-state index in [-0.39, 0.29) is 12.0 Å². The number of carbonyl (C=O) groups excluding carboxylic acids is 1. The largest absolute Gasteiger partial charge is 0.376 e. The third-order valence-electron chi connectivity index (χ3n) is 4.39. The summed E-state index contributed by atoms with van der Waals surface area (Å²) in [6, 6.07) is 15.4. The molecule has 1 saturated heterocycles. The second kappa shape index (κ2) is 8.63. The van der Waals surface area contributed by atoms with E-state index in [0.717, 1.165) is 36.3 Å². The van der Waals surface area contributed by atoms with Crippen molar-refractivity contribution in [3.05, 3.63) is 65.2 Å². The molecule has 1 aliphatic rings. The molecule has 5 heteroatoms. The number of hydrogen-bond acceptors (Lipinski definition) is 3. The summed E-state index contributed by atoms with van der Waals surface area (Å²) in [5, 5.41) is 6.15. The second-order valence-electron chi connectivity index (χ2n) is 6.59. The average molecular weight is 351 g/mol. The van der Waals surface area contributed by atoms with Gasteiger partial charge in [0.05, 0.1) is 12.6 Å². The topological polar surface area (TPSA) is 62.7 Å². The first kappa shape index (κ1) is 18.1. The maximum Gasteiger partial charge on any atom is 0.257 e. The minimum atomic E-state index is -0.180.